The van der Waals surface area contributed by atoms with Crippen molar-refractivity contribution >= 4 is 46.2 Å². The molecule has 1 atom stereocenters. The molecule has 2 aromatic heterocycles. The van der Waals surface area contributed by atoms with E-state index in [2.05, 4.69) is 30.6 Å². The summed E-state index contributed by atoms with van der Waals surface area (Å²) in [4.78, 5) is 62.1. The maximum Gasteiger partial charge on any atom is 0.312 e. The van der Waals surface area contributed by atoms with Crippen molar-refractivity contribution < 1.29 is 24.6 Å². The molecule has 1 unspecified atom stereocenters. The molecule has 13 heteroatoms. The number of H-pyrrole nitrogens is 1. The second kappa shape index (κ2) is 11.6. The first kappa shape index (κ1) is 25.9. The van der Waals surface area contributed by atoms with E-state index in [-0.39, 0.29) is 35.4 Å². The predicted molar refractivity (Wildman–Crippen MR) is 131 cm³/mol. The summed E-state index contributed by atoms with van der Waals surface area (Å²) in [5.41, 5.74) is 1.03. The standard InChI is InChI=1S/C23H25N7O6/c1-2-25-23-29-20-19(21(34)30-23)28-14(11-27-20)10-26-13-5-3-12(4-6-13)17(31)9-16(24)15(22(35)36)7-8-18(32)33/h3-6,11,15,24,26H,2,7-10H2,1H3,(H,32,33)(H,35,36)(H2,25,27,29,30,34). The van der Waals surface area contributed by atoms with Gasteiger partial charge in [-0.1, -0.05) is 0 Å². The van der Waals surface area contributed by atoms with Crippen LogP contribution >= 0.6 is 0 Å². The summed E-state index contributed by atoms with van der Waals surface area (Å²) in [5.74, 6) is -3.96. The Morgan fingerprint density at radius 2 is 1.83 bits per heavy atom. The quantitative estimate of drug-likeness (QED) is 0.149. The van der Waals surface area contributed by atoms with E-state index in [4.69, 9.17) is 10.5 Å². The lowest BCUT2D eigenvalue weighted by atomic mass is 9.92. The number of carbonyl (C=O) groups is 3. The van der Waals surface area contributed by atoms with Crippen LogP contribution in [0.3, 0.4) is 0 Å². The molecule has 2 heterocycles. The number of nitrogens with zero attached hydrogens (tertiary/aromatic N) is 3. The molecule has 3 rings (SSSR count). The van der Waals surface area contributed by atoms with E-state index in [0.717, 1.165) is 0 Å². The van der Waals surface area contributed by atoms with Gasteiger partial charge in [0.2, 0.25) is 5.95 Å². The molecule has 3 aromatic rings. The van der Waals surface area contributed by atoms with Crippen molar-refractivity contribution in [3.05, 3.63) is 52.1 Å². The molecule has 0 aliphatic carbocycles. The van der Waals surface area contributed by atoms with Crippen LogP contribution in [0, 0.1) is 11.3 Å². The minimum absolute atomic E-state index is 0.113. The summed E-state index contributed by atoms with van der Waals surface area (Å²) in [6.45, 7) is 2.71. The summed E-state index contributed by atoms with van der Waals surface area (Å²) in [5, 5.41) is 32.0. The van der Waals surface area contributed by atoms with Gasteiger partial charge >= 0.3 is 11.9 Å². The highest BCUT2D eigenvalue weighted by atomic mass is 16.4. The molecule has 0 aliphatic rings. The lowest BCUT2D eigenvalue weighted by Crippen LogP contribution is -2.26. The normalized spacial score (nSPS) is 11.6. The fourth-order valence-electron chi connectivity index (χ4n) is 3.37. The minimum atomic E-state index is -1.33. The van der Waals surface area contributed by atoms with E-state index in [9.17, 15) is 24.3 Å². The van der Waals surface area contributed by atoms with Crippen molar-refractivity contribution in [2.75, 3.05) is 17.2 Å². The maximum absolute atomic E-state index is 12.5. The van der Waals surface area contributed by atoms with Gasteiger partial charge in [-0.3, -0.25) is 24.2 Å². The zero-order chi connectivity index (χ0) is 26.2. The van der Waals surface area contributed by atoms with E-state index in [0.29, 0.717) is 23.9 Å². The van der Waals surface area contributed by atoms with Gasteiger partial charge in [0.1, 0.15) is 0 Å². The first-order valence-corrected chi connectivity index (χ1v) is 11.1. The van der Waals surface area contributed by atoms with E-state index < -0.39 is 42.0 Å². The number of hydrogen-bond donors (Lipinski definition) is 6. The van der Waals surface area contributed by atoms with E-state index in [1.807, 2.05) is 6.92 Å². The number of fused-ring (bicyclic) bond motifs is 1. The SMILES string of the molecule is CCNc1nc2ncc(CNc3ccc(C(=O)CC(=N)C(CCC(=O)O)C(=O)O)cc3)nc2c(=O)[nH]1. The molecule has 188 valence electrons. The topological polar surface area (TPSA) is 211 Å². The molecule has 0 saturated carbocycles. The Kier molecular flexibility index (Phi) is 8.39. The summed E-state index contributed by atoms with van der Waals surface area (Å²) < 4.78 is 0. The van der Waals surface area contributed by atoms with Crippen molar-refractivity contribution in [2.24, 2.45) is 5.92 Å². The van der Waals surface area contributed by atoms with Gasteiger partial charge in [0.25, 0.3) is 5.56 Å². The van der Waals surface area contributed by atoms with Crippen molar-refractivity contribution in [1.82, 2.24) is 19.9 Å². The smallest absolute Gasteiger partial charge is 0.312 e. The molecular formula is C23H25N7O6. The third-order valence-electron chi connectivity index (χ3n) is 5.21. The average Bonchev–Trinajstić information content (AvgIpc) is 2.83. The number of nitrogens with one attached hydrogen (secondary N) is 4. The van der Waals surface area contributed by atoms with Crippen LogP contribution in [0.4, 0.5) is 11.6 Å². The lowest BCUT2D eigenvalue weighted by molar-refractivity contribution is -0.140. The second-order valence-electron chi connectivity index (χ2n) is 7.86. The highest BCUT2D eigenvalue weighted by Crippen LogP contribution is 2.16. The zero-order valence-corrected chi connectivity index (χ0v) is 19.4. The predicted octanol–water partition coefficient (Wildman–Crippen LogP) is 1.92. The number of hydrogen-bond acceptors (Lipinski definition) is 10. The Bertz CT molecular complexity index is 1350. The third kappa shape index (κ3) is 6.68. The number of benzene rings is 1. The van der Waals surface area contributed by atoms with Crippen LogP contribution in [-0.2, 0) is 16.1 Å². The molecular weight excluding hydrogens is 470 g/mol. The van der Waals surface area contributed by atoms with E-state index >= 15 is 0 Å². The number of anilines is 2. The highest BCUT2D eigenvalue weighted by molar-refractivity contribution is 6.13. The Balaban J connectivity index is 1.61. The van der Waals surface area contributed by atoms with E-state index in [1.165, 1.54) is 18.3 Å². The maximum atomic E-state index is 12.5. The van der Waals surface area contributed by atoms with Crippen LogP contribution in [0.15, 0.2) is 35.3 Å². The molecule has 0 spiro atoms. The number of aromatic amines is 1. The highest BCUT2D eigenvalue weighted by Gasteiger charge is 2.25. The molecule has 1 aromatic carbocycles. The number of carboxylic acids is 2. The van der Waals surface area contributed by atoms with Gasteiger partial charge in [0.05, 0.1) is 24.4 Å². The first-order valence-electron chi connectivity index (χ1n) is 11.1. The number of Topliss-reactive ketones (excluding diaryl/α,β-unsaturated/α-hetero) is 1. The molecule has 6 N–H and O–H groups in total. The van der Waals surface area contributed by atoms with Crippen LogP contribution in [-0.4, -0.2) is 60.1 Å². The van der Waals surface area contributed by atoms with Gasteiger partial charge in [-0.15, -0.1) is 0 Å². The molecule has 0 fully saturated rings. The molecule has 0 saturated heterocycles. The third-order valence-corrected chi connectivity index (χ3v) is 5.21. The summed E-state index contributed by atoms with van der Waals surface area (Å²) in [7, 11) is 0. The van der Waals surface area contributed by atoms with Gasteiger partial charge in [0.15, 0.2) is 16.9 Å². The summed E-state index contributed by atoms with van der Waals surface area (Å²) >= 11 is 0. The van der Waals surface area contributed by atoms with Crippen molar-refractivity contribution in [3.8, 4) is 0 Å². The van der Waals surface area contributed by atoms with Gasteiger partial charge in [-0.05, 0) is 37.6 Å². The fourth-order valence-corrected chi connectivity index (χ4v) is 3.37. The Labute approximate surface area is 204 Å². The van der Waals surface area contributed by atoms with E-state index in [1.54, 1.807) is 12.1 Å². The van der Waals surface area contributed by atoms with Crippen LogP contribution in [0.1, 0.15) is 42.2 Å². The number of carboxylic acid groups (broad SMARTS) is 2. The van der Waals surface area contributed by atoms with Crippen LogP contribution in [0.25, 0.3) is 11.2 Å². The lowest BCUT2D eigenvalue weighted by Gasteiger charge is -2.12. The van der Waals surface area contributed by atoms with Gasteiger partial charge in [-0.25, -0.2) is 9.97 Å². The summed E-state index contributed by atoms with van der Waals surface area (Å²) in [6, 6.07) is 6.35. The second-order valence-corrected chi connectivity index (χ2v) is 7.86. The Morgan fingerprint density at radius 3 is 2.47 bits per heavy atom. The monoisotopic (exact) mass is 495 g/mol. The largest absolute Gasteiger partial charge is 0.481 e. The molecule has 13 nitrogen and oxygen atoms in total. The Morgan fingerprint density at radius 1 is 1.11 bits per heavy atom. The number of aliphatic carboxylic acids is 2. The Hall–Kier alpha value is -4.68. The zero-order valence-electron chi connectivity index (χ0n) is 19.4. The first-order chi connectivity index (χ1) is 17.2. The van der Waals surface area contributed by atoms with Crippen LogP contribution < -0.4 is 16.2 Å². The van der Waals surface area contributed by atoms with Gasteiger partial charge in [0, 0.05) is 36.3 Å². The molecule has 0 aliphatic heterocycles. The summed E-state index contributed by atoms with van der Waals surface area (Å²) in [6.07, 6.45) is 0.422. The fraction of sp³-hybridized carbons (Fsp3) is 0.304. The molecule has 36 heavy (non-hydrogen) atoms. The molecule has 0 bridgehead atoms. The van der Waals surface area contributed by atoms with Crippen LogP contribution in [0.2, 0.25) is 0 Å². The van der Waals surface area contributed by atoms with Crippen LogP contribution in [0.5, 0.6) is 0 Å². The number of carbonyl (C=O) groups excluding carboxylic acids is 1. The number of ketones is 1. The molecule has 0 amide bonds. The number of aromatic nitrogens is 4. The van der Waals surface area contributed by atoms with Crippen molar-refractivity contribution in [2.45, 2.75) is 32.7 Å². The number of rotatable bonds is 13. The molecule has 0 radical (unpaired) electrons. The van der Waals surface area contributed by atoms with Gasteiger partial charge in [-0.2, -0.15) is 4.98 Å². The van der Waals surface area contributed by atoms with Crippen molar-refractivity contribution in [1.29, 1.82) is 5.41 Å². The van der Waals surface area contributed by atoms with Crippen molar-refractivity contribution in [3.63, 3.8) is 0 Å². The average molecular weight is 495 g/mol. The minimum Gasteiger partial charge on any atom is -0.481 e. The van der Waals surface area contributed by atoms with Gasteiger partial charge < -0.3 is 26.3 Å².